The Morgan fingerprint density at radius 1 is 0.833 bits per heavy atom. The second-order valence-electron chi connectivity index (χ2n) is 6.70. The normalized spacial score (nSPS) is 37.0. The molecule has 3 fully saturated rings. The summed E-state index contributed by atoms with van der Waals surface area (Å²) in [6.45, 7) is 2.31. The zero-order chi connectivity index (χ0) is 12.2. The quantitative estimate of drug-likeness (QED) is 0.780. The van der Waals surface area contributed by atoms with E-state index in [0.29, 0.717) is 6.10 Å². The highest BCUT2D eigenvalue weighted by atomic mass is 16.5. The molecule has 1 aliphatic heterocycles. The molecule has 0 spiro atoms. The highest BCUT2D eigenvalue weighted by Gasteiger charge is 2.28. The molecular formula is C16H29NO. The molecule has 1 saturated heterocycles. The average molecular weight is 251 g/mol. The first-order chi connectivity index (χ1) is 8.92. The molecule has 2 saturated carbocycles. The van der Waals surface area contributed by atoms with Crippen molar-refractivity contribution in [1.82, 2.24) is 5.32 Å². The van der Waals surface area contributed by atoms with Crippen LogP contribution in [0.4, 0.5) is 0 Å². The zero-order valence-corrected chi connectivity index (χ0v) is 11.7. The predicted molar refractivity (Wildman–Crippen MR) is 74.7 cm³/mol. The van der Waals surface area contributed by atoms with Crippen LogP contribution in [0.2, 0.25) is 0 Å². The van der Waals surface area contributed by atoms with Crippen LogP contribution in [0.15, 0.2) is 0 Å². The molecule has 2 heteroatoms. The maximum Gasteiger partial charge on any atom is 0.0576 e. The lowest BCUT2D eigenvalue weighted by Gasteiger charge is -2.32. The fourth-order valence-electron chi connectivity index (χ4n) is 3.81. The molecule has 3 unspecified atom stereocenters. The van der Waals surface area contributed by atoms with Gasteiger partial charge in [-0.25, -0.2) is 0 Å². The smallest absolute Gasteiger partial charge is 0.0576 e. The van der Waals surface area contributed by atoms with Crippen LogP contribution >= 0.6 is 0 Å². The molecule has 0 aromatic heterocycles. The van der Waals surface area contributed by atoms with Gasteiger partial charge in [-0.2, -0.15) is 0 Å². The van der Waals surface area contributed by atoms with Crippen molar-refractivity contribution >= 4 is 0 Å². The second-order valence-corrected chi connectivity index (χ2v) is 6.70. The molecule has 0 amide bonds. The van der Waals surface area contributed by atoms with Gasteiger partial charge in [-0.05, 0) is 63.3 Å². The first-order valence-corrected chi connectivity index (χ1v) is 8.27. The third kappa shape index (κ3) is 3.71. The monoisotopic (exact) mass is 251 g/mol. The van der Waals surface area contributed by atoms with Crippen LogP contribution < -0.4 is 5.32 Å². The zero-order valence-electron chi connectivity index (χ0n) is 11.7. The van der Waals surface area contributed by atoms with E-state index in [4.69, 9.17) is 4.74 Å². The van der Waals surface area contributed by atoms with Gasteiger partial charge in [-0.1, -0.05) is 19.3 Å². The number of nitrogens with one attached hydrogen (secondary N) is 1. The van der Waals surface area contributed by atoms with Gasteiger partial charge in [0.1, 0.15) is 0 Å². The summed E-state index contributed by atoms with van der Waals surface area (Å²) >= 11 is 0. The van der Waals surface area contributed by atoms with Gasteiger partial charge in [-0.15, -0.1) is 0 Å². The predicted octanol–water partition coefficient (Wildman–Crippen LogP) is 3.50. The largest absolute Gasteiger partial charge is 0.378 e. The fraction of sp³-hybridized carbons (Fsp3) is 1.00. The van der Waals surface area contributed by atoms with Crippen LogP contribution in [0.1, 0.15) is 64.2 Å². The highest BCUT2D eigenvalue weighted by molar-refractivity contribution is 4.85. The van der Waals surface area contributed by atoms with Crippen LogP contribution in [0.3, 0.4) is 0 Å². The Bertz CT molecular complexity index is 245. The Balaban J connectivity index is 1.41. The van der Waals surface area contributed by atoms with Gasteiger partial charge in [0.25, 0.3) is 0 Å². The molecule has 0 aromatic carbocycles. The SMILES string of the molecule is C1COC(CCC2CCCCC2CNC2CC2)C1. The lowest BCUT2D eigenvalue weighted by atomic mass is 9.76. The van der Waals surface area contributed by atoms with Crippen molar-refractivity contribution in [3.05, 3.63) is 0 Å². The van der Waals surface area contributed by atoms with Crippen LogP contribution in [-0.2, 0) is 4.74 Å². The standard InChI is InChI=1S/C16H29NO/c1-2-5-14(12-17-15-8-9-15)13(4-1)7-10-16-6-3-11-18-16/h13-17H,1-12H2. The Morgan fingerprint density at radius 3 is 2.39 bits per heavy atom. The molecule has 2 aliphatic carbocycles. The second kappa shape index (κ2) is 6.38. The van der Waals surface area contributed by atoms with Crippen LogP contribution in [0.25, 0.3) is 0 Å². The van der Waals surface area contributed by atoms with E-state index in [2.05, 4.69) is 5.32 Å². The van der Waals surface area contributed by atoms with E-state index in [1.54, 1.807) is 0 Å². The molecule has 1 N–H and O–H groups in total. The summed E-state index contributed by atoms with van der Waals surface area (Å²) in [5, 5.41) is 3.75. The Morgan fingerprint density at radius 2 is 1.67 bits per heavy atom. The summed E-state index contributed by atoms with van der Waals surface area (Å²) in [6, 6.07) is 0.880. The van der Waals surface area contributed by atoms with Gasteiger partial charge >= 0.3 is 0 Å². The van der Waals surface area contributed by atoms with Crippen molar-refractivity contribution in [2.24, 2.45) is 11.8 Å². The molecule has 0 aromatic rings. The number of rotatable bonds is 6. The molecule has 0 bridgehead atoms. The summed E-state index contributed by atoms with van der Waals surface area (Å²) in [5.74, 6) is 1.94. The minimum Gasteiger partial charge on any atom is -0.378 e. The van der Waals surface area contributed by atoms with Gasteiger partial charge in [-0.3, -0.25) is 0 Å². The van der Waals surface area contributed by atoms with Crippen molar-refractivity contribution in [3.8, 4) is 0 Å². The van der Waals surface area contributed by atoms with Gasteiger partial charge in [0.2, 0.25) is 0 Å². The lowest BCUT2D eigenvalue weighted by Crippen LogP contribution is -2.32. The minimum absolute atomic E-state index is 0.601. The van der Waals surface area contributed by atoms with Gasteiger partial charge < -0.3 is 10.1 Å². The summed E-state index contributed by atoms with van der Waals surface area (Å²) in [4.78, 5) is 0. The number of hydrogen-bond acceptors (Lipinski definition) is 2. The maximum atomic E-state index is 5.77. The molecule has 3 aliphatic rings. The molecular weight excluding hydrogens is 222 g/mol. The number of ether oxygens (including phenoxy) is 1. The summed E-state index contributed by atoms with van der Waals surface area (Å²) in [5.41, 5.74) is 0. The topological polar surface area (TPSA) is 21.3 Å². The maximum absolute atomic E-state index is 5.77. The van der Waals surface area contributed by atoms with Crippen LogP contribution in [-0.4, -0.2) is 25.3 Å². The van der Waals surface area contributed by atoms with E-state index >= 15 is 0 Å². The van der Waals surface area contributed by atoms with E-state index in [9.17, 15) is 0 Å². The number of hydrogen-bond donors (Lipinski definition) is 1. The minimum atomic E-state index is 0.601. The molecule has 0 radical (unpaired) electrons. The van der Waals surface area contributed by atoms with Crippen molar-refractivity contribution in [2.75, 3.05) is 13.2 Å². The van der Waals surface area contributed by atoms with Crippen molar-refractivity contribution < 1.29 is 4.74 Å². The molecule has 18 heavy (non-hydrogen) atoms. The first-order valence-electron chi connectivity index (χ1n) is 8.27. The Kier molecular flexibility index (Phi) is 4.58. The molecule has 3 atom stereocenters. The Hall–Kier alpha value is -0.0800. The summed E-state index contributed by atoms with van der Waals surface area (Å²) in [7, 11) is 0. The van der Waals surface area contributed by atoms with E-state index < -0.39 is 0 Å². The van der Waals surface area contributed by atoms with Gasteiger partial charge in [0.05, 0.1) is 6.10 Å². The molecule has 104 valence electrons. The van der Waals surface area contributed by atoms with Crippen LogP contribution in [0.5, 0.6) is 0 Å². The third-order valence-corrected chi connectivity index (χ3v) is 5.20. The molecule has 3 rings (SSSR count). The van der Waals surface area contributed by atoms with Crippen molar-refractivity contribution in [2.45, 2.75) is 76.4 Å². The van der Waals surface area contributed by atoms with Crippen LogP contribution in [0, 0.1) is 11.8 Å². The van der Waals surface area contributed by atoms with Crippen molar-refractivity contribution in [1.29, 1.82) is 0 Å². The first kappa shape index (κ1) is 12.9. The van der Waals surface area contributed by atoms with E-state index in [-0.39, 0.29) is 0 Å². The third-order valence-electron chi connectivity index (χ3n) is 5.20. The van der Waals surface area contributed by atoms with E-state index in [1.807, 2.05) is 0 Å². The summed E-state index contributed by atoms with van der Waals surface area (Å²) in [6.07, 6.45) is 14.7. The van der Waals surface area contributed by atoms with E-state index in [1.165, 1.54) is 70.8 Å². The van der Waals surface area contributed by atoms with Gasteiger partial charge in [0.15, 0.2) is 0 Å². The highest BCUT2D eigenvalue weighted by Crippen LogP contribution is 2.35. The van der Waals surface area contributed by atoms with E-state index in [0.717, 1.165) is 24.5 Å². The molecule has 1 heterocycles. The Labute approximate surface area is 112 Å². The lowest BCUT2D eigenvalue weighted by molar-refractivity contribution is 0.0897. The summed E-state index contributed by atoms with van der Waals surface area (Å²) < 4.78 is 5.77. The molecule has 2 nitrogen and oxygen atoms in total. The average Bonchev–Trinajstić information content (AvgIpc) is 3.09. The van der Waals surface area contributed by atoms with Gasteiger partial charge in [0, 0.05) is 12.6 Å². The van der Waals surface area contributed by atoms with Crippen molar-refractivity contribution in [3.63, 3.8) is 0 Å². The fourth-order valence-corrected chi connectivity index (χ4v) is 3.81.